The summed E-state index contributed by atoms with van der Waals surface area (Å²) in [6.07, 6.45) is 0. The normalized spacial score (nSPS) is 10.4. The number of amides is 1. The van der Waals surface area contributed by atoms with E-state index in [1.807, 2.05) is 32.0 Å². The van der Waals surface area contributed by atoms with Crippen molar-refractivity contribution in [2.24, 2.45) is 0 Å². The maximum absolute atomic E-state index is 12.7. The number of hydrogen-bond acceptors (Lipinski definition) is 5. The highest BCUT2D eigenvalue weighted by molar-refractivity contribution is 6.08. The van der Waals surface area contributed by atoms with Gasteiger partial charge in [0.15, 0.2) is 0 Å². The molecule has 7 heteroatoms. The van der Waals surface area contributed by atoms with Gasteiger partial charge in [0.2, 0.25) is 0 Å². The summed E-state index contributed by atoms with van der Waals surface area (Å²) in [4.78, 5) is 23.2. The minimum Gasteiger partial charge on any atom is -0.383 e. The molecule has 0 bridgehead atoms. The van der Waals surface area contributed by atoms with Gasteiger partial charge >= 0.3 is 0 Å². The minimum atomic E-state index is -0.521. The van der Waals surface area contributed by atoms with E-state index in [-0.39, 0.29) is 11.3 Å². The molecule has 0 radical (unpaired) electrons. The van der Waals surface area contributed by atoms with E-state index < -0.39 is 10.8 Å². The highest BCUT2D eigenvalue weighted by Gasteiger charge is 2.17. The number of ether oxygens (including phenoxy) is 1. The zero-order valence-electron chi connectivity index (χ0n) is 14.5. The number of nitro benzene ring substituents is 1. The molecule has 2 rings (SSSR count). The van der Waals surface area contributed by atoms with Crippen molar-refractivity contribution in [3.8, 4) is 0 Å². The number of methoxy groups -OCH3 is 1. The molecule has 7 nitrogen and oxygen atoms in total. The number of benzene rings is 2. The fraction of sp³-hybridized carbons (Fsp3) is 0.278. The molecule has 0 aliphatic carbocycles. The maximum Gasteiger partial charge on any atom is 0.270 e. The Hall–Kier alpha value is -2.93. The maximum atomic E-state index is 12.7. The van der Waals surface area contributed by atoms with Crippen molar-refractivity contribution in [3.63, 3.8) is 0 Å². The van der Waals surface area contributed by atoms with Gasteiger partial charge in [-0.25, -0.2) is 0 Å². The van der Waals surface area contributed by atoms with Crippen LogP contribution in [0.25, 0.3) is 0 Å². The zero-order chi connectivity index (χ0) is 18.4. The van der Waals surface area contributed by atoms with Gasteiger partial charge in [-0.05, 0) is 43.2 Å². The molecule has 0 aliphatic rings. The largest absolute Gasteiger partial charge is 0.383 e. The van der Waals surface area contributed by atoms with Crippen LogP contribution in [0.5, 0.6) is 0 Å². The topological polar surface area (TPSA) is 93.5 Å². The molecule has 132 valence electrons. The molecule has 1 amide bonds. The number of nitro groups is 1. The average Bonchev–Trinajstić information content (AvgIpc) is 2.54. The van der Waals surface area contributed by atoms with Crippen molar-refractivity contribution in [3.05, 3.63) is 63.2 Å². The summed E-state index contributed by atoms with van der Waals surface area (Å²) in [5, 5.41) is 16.9. The summed E-state index contributed by atoms with van der Waals surface area (Å²) >= 11 is 0. The van der Waals surface area contributed by atoms with E-state index in [9.17, 15) is 14.9 Å². The van der Waals surface area contributed by atoms with E-state index in [0.29, 0.717) is 24.5 Å². The van der Waals surface area contributed by atoms with E-state index in [1.54, 1.807) is 7.11 Å². The highest BCUT2D eigenvalue weighted by atomic mass is 16.6. The summed E-state index contributed by atoms with van der Waals surface area (Å²) in [7, 11) is 1.57. The van der Waals surface area contributed by atoms with Gasteiger partial charge in [-0.1, -0.05) is 6.07 Å². The lowest BCUT2D eigenvalue weighted by molar-refractivity contribution is -0.384. The lowest BCUT2D eigenvalue weighted by Gasteiger charge is -2.13. The number of rotatable bonds is 7. The Morgan fingerprint density at radius 2 is 1.84 bits per heavy atom. The molecular weight excluding hydrogens is 322 g/mol. The molecule has 0 fully saturated rings. The van der Waals surface area contributed by atoms with Gasteiger partial charge in [0.25, 0.3) is 11.6 Å². The molecule has 0 atom stereocenters. The smallest absolute Gasteiger partial charge is 0.270 e. The Morgan fingerprint density at radius 3 is 2.44 bits per heavy atom. The van der Waals surface area contributed by atoms with Crippen molar-refractivity contribution in [1.82, 2.24) is 0 Å². The van der Waals surface area contributed by atoms with Crippen LogP contribution < -0.4 is 10.6 Å². The van der Waals surface area contributed by atoms with Crippen LogP contribution in [0.3, 0.4) is 0 Å². The van der Waals surface area contributed by atoms with Crippen molar-refractivity contribution >= 4 is 23.0 Å². The molecule has 0 aliphatic heterocycles. The van der Waals surface area contributed by atoms with E-state index in [2.05, 4.69) is 10.6 Å². The number of carbonyl (C=O) groups excluding carboxylic acids is 1. The van der Waals surface area contributed by atoms with Gasteiger partial charge < -0.3 is 15.4 Å². The van der Waals surface area contributed by atoms with Gasteiger partial charge in [0.05, 0.1) is 17.1 Å². The molecule has 0 aromatic heterocycles. The molecule has 2 aromatic rings. The van der Waals surface area contributed by atoms with Gasteiger partial charge in [-0.2, -0.15) is 0 Å². The first-order chi connectivity index (χ1) is 11.9. The van der Waals surface area contributed by atoms with Crippen LogP contribution >= 0.6 is 0 Å². The molecule has 2 N–H and O–H groups in total. The van der Waals surface area contributed by atoms with Gasteiger partial charge in [-0.15, -0.1) is 0 Å². The molecule has 25 heavy (non-hydrogen) atoms. The second-order valence-electron chi connectivity index (χ2n) is 5.74. The summed E-state index contributed by atoms with van der Waals surface area (Å²) in [5.41, 5.74) is 3.29. The first-order valence-electron chi connectivity index (χ1n) is 7.81. The number of carbonyl (C=O) groups is 1. The number of hydrogen-bond donors (Lipinski definition) is 2. The lowest BCUT2D eigenvalue weighted by atomic mass is 10.1. The second kappa shape index (κ2) is 8.25. The Balaban J connectivity index is 2.30. The average molecular weight is 343 g/mol. The third-order valence-electron chi connectivity index (χ3n) is 3.56. The summed E-state index contributed by atoms with van der Waals surface area (Å²) in [6.45, 7) is 4.81. The SMILES string of the molecule is COCCNc1ccc([N+](=O)[O-])cc1C(=O)Nc1cc(C)cc(C)c1. The van der Waals surface area contributed by atoms with Gasteiger partial charge in [0, 0.05) is 37.2 Å². The number of nitrogens with one attached hydrogen (secondary N) is 2. The third kappa shape index (κ3) is 5.02. The van der Waals surface area contributed by atoms with E-state index in [4.69, 9.17) is 4.74 Å². The highest BCUT2D eigenvalue weighted by Crippen LogP contribution is 2.24. The number of nitrogens with zero attached hydrogens (tertiary/aromatic N) is 1. The van der Waals surface area contributed by atoms with Crippen LogP contribution in [-0.2, 0) is 4.74 Å². The quantitative estimate of drug-likeness (QED) is 0.456. The van der Waals surface area contributed by atoms with Crippen molar-refractivity contribution in [2.75, 3.05) is 30.9 Å². The fourth-order valence-corrected chi connectivity index (χ4v) is 2.52. The van der Waals surface area contributed by atoms with Gasteiger partial charge in [-0.3, -0.25) is 14.9 Å². The summed E-state index contributed by atoms with van der Waals surface area (Å²) < 4.78 is 4.98. The molecule has 0 saturated carbocycles. The van der Waals surface area contributed by atoms with Gasteiger partial charge in [0.1, 0.15) is 0 Å². The van der Waals surface area contributed by atoms with Crippen LogP contribution in [0.4, 0.5) is 17.1 Å². The predicted octanol–water partition coefficient (Wildman–Crippen LogP) is 3.52. The number of non-ortho nitro benzene ring substituents is 1. The van der Waals surface area contributed by atoms with Crippen LogP contribution in [0, 0.1) is 24.0 Å². The van der Waals surface area contributed by atoms with Crippen LogP contribution in [0.15, 0.2) is 36.4 Å². The molecule has 2 aromatic carbocycles. The van der Waals surface area contributed by atoms with Crippen molar-refractivity contribution < 1.29 is 14.5 Å². The Morgan fingerprint density at radius 1 is 1.16 bits per heavy atom. The van der Waals surface area contributed by atoms with E-state index in [0.717, 1.165) is 11.1 Å². The van der Waals surface area contributed by atoms with Crippen molar-refractivity contribution in [2.45, 2.75) is 13.8 Å². The molecule has 0 heterocycles. The standard InChI is InChI=1S/C18H21N3O4/c1-12-8-13(2)10-14(9-12)20-18(22)16-11-15(21(23)24)4-5-17(16)19-6-7-25-3/h4-5,8-11,19H,6-7H2,1-3H3,(H,20,22). The van der Waals surface area contributed by atoms with Crippen LogP contribution in [-0.4, -0.2) is 31.1 Å². The molecule has 0 unspecified atom stereocenters. The van der Waals surface area contributed by atoms with Crippen LogP contribution in [0.2, 0.25) is 0 Å². The van der Waals surface area contributed by atoms with Crippen molar-refractivity contribution in [1.29, 1.82) is 0 Å². The first-order valence-corrected chi connectivity index (χ1v) is 7.81. The Bertz CT molecular complexity index is 770. The monoisotopic (exact) mass is 343 g/mol. The lowest BCUT2D eigenvalue weighted by Crippen LogP contribution is -2.17. The predicted molar refractivity (Wildman–Crippen MR) is 97.3 cm³/mol. The van der Waals surface area contributed by atoms with E-state index in [1.165, 1.54) is 18.2 Å². The second-order valence-corrected chi connectivity index (χ2v) is 5.74. The minimum absolute atomic E-state index is 0.136. The van der Waals surface area contributed by atoms with E-state index >= 15 is 0 Å². The Labute approximate surface area is 146 Å². The Kier molecular flexibility index (Phi) is 6.08. The molecule has 0 saturated heterocycles. The molecular formula is C18H21N3O4. The fourth-order valence-electron chi connectivity index (χ4n) is 2.52. The number of aryl methyl sites for hydroxylation is 2. The third-order valence-corrected chi connectivity index (χ3v) is 3.56. The van der Waals surface area contributed by atoms with Crippen LogP contribution in [0.1, 0.15) is 21.5 Å². The zero-order valence-corrected chi connectivity index (χ0v) is 14.5. The number of anilines is 2. The molecule has 0 spiro atoms. The first kappa shape index (κ1) is 18.4. The summed E-state index contributed by atoms with van der Waals surface area (Å²) in [6, 6.07) is 9.86. The summed E-state index contributed by atoms with van der Waals surface area (Å²) in [5.74, 6) is -0.409.